The van der Waals surface area contributed by atoms with E-state index < -0.39 is 5.41 Å². The maximum Gasteiger partial charge on any atom is 0.0754 e. The van der Waals surface area contributed by atoms with Crippen LogP contribution in [0.4, 0.5) is 17.1 Å². The maximum atomic E-state index is 2.52. The zero-order chi connectivity index (χ0) is 45.5. The Hall–Kier alpha value is -8.98. The minimum atomic E-state index is -0.534. The molecule has 1 spiro atoms. The predicted octanol–water partition coefficient (Wildman–Crippen LogP) is 17.6. The highest BCUT2D eigenvalue weighted by molar-refractivity contribution is 6.13. The number of rotatable bonds is 7. The Balaban J connectivity index is 0.985. The lowest BCUT2D eigenvalue weighted by Gasteiger charge is -2.39. The van der Waals surface area contributed by atoms with Gasteiger partial charge in [-0.25, -0.2) is 0 Å². The van der Waals surface area contributed by atoms with E-state index in [4.69, 9.17) is 0 Å². The van der Waals surface area contributed by atoms with Crippen LogP contribution >= 0.6 is 0 Å². The first-order valence-electron chi connectivity index (χ1n) is 23.9. The molecule has 2 nitrogen and oxygen atoms in total. The molecule has 0 bridgehead atoms. The first-order chi connectivity index (χ1) is 34.3. The Labute approximate surface area is 402 Å². The molecule has 0 radical (unpaired) electrons. The summed E-state index contributed by atoms with van der Waals surface area (Å²) in [6.45, 7) is 0. The van der Waals surface area contributed by atoms with Gasteiger partial charge in [-0.1, -0.05) is 218 Å². The van der Waals surface area contributed by atoms with Crippen molar-refractivity contribution in [2.24, 2.45) is 0 Å². The Morgan fingerprint density at radius 2 is 0.812 bits per heavy atom. The van der Waals surface area contributed by atoms with E-state index in [1.165, 1.54) is 83.1 Å². The Bertz CT molecular complexity index is 3970. The van der Waals surface area contributed by atoms with E-state index >= 15 is 0 Å². The molecule has 0 amide bonds. The normalized spacial score (nSPS) is 14.1. The summed E-state index contributed by atoms with van der Waals surface area (Å²) >= 11 is 0. The molecule has 0 N–H and O–H groups in total. The third-order valence-corrected chi connectivity index (χ3v) is 14.8. The van der Waals surface area contributed by atoms with Gasteiger partial charge in [0.2, 0.25) is 0 Å². The molecule has 2 heteroatoms. The number of hydrogen-bond acceptors (Lipinski definition) is 1. The molecule has 1 unspecified atom stereocenters. The molecule has 0 saturated carbocycles. The van der Waals surface area contributed by atoms with Gasteiger partial charge in [0.15, 0.2) is 0 Å². The number of benzene rings is 11. The predicted molar refractivity (Wildman–Crippen MR) is 288 cm³/mol. The minimum Gasteiger partial charge on any atom is -0.309 e. The van der Waals surface area contributed by atoms with Gasteiger partial charge in [-0.15, -0.1) is 0 Å². The fraction of sp³-hybridized carbons (Fsp3) is 0.0149. The molecule has 1 aromatic heterocycles. The van der Waals surface area contributed by atoms with Gasteiger partial charge in [-0.05, 0) is 115 Å². The van der Waals surface area contributed by atoms with E-state index in [1.54, 1.807) is 0 Å². The van der Waals surface area contributed by atoms with Gasteiger partial charge in [-0.3, -0.25) is 0 Å². The molecule has 69 heavy (non-hydrogen) atoms. The third kappa shape index (κ3) is 5.86. The average Bonchev–Trinajstić information content (AvgIpc) is 3.92. The molecular weight excluding hydrogens is 833 g/mol. The fourth-order valence-corrected chi connectivity index (χ4v) is 11.9. The van der Waals surface area contributed by atoms with Crippen LogP contribution in [0.3, 0.4) is 0 Å². The second-order valence-corrected chi connectivity index (χ2v) is 18.4. The Kier molecular flexibility index (Phi) is 8.84. The van der Waals surface area contributed by atoms with Gasteiger partial charge in [0.25, 0.3) is 0 Å². The number of hydrogen-bond donors (Lipinski definition) is 0. The molecule has 322 valence electrons. The second kappa shape index (κ2) is 15.6. The molecule has 0 saturated heterocycles. The van der Waals surface area contributed by atoms with E-state index in [1.807, 2.05) is 0 Å². The first kappa shape index (κ1) is 39.2. The lowest BCUT2D eigenvalue weighted by molar-refractivity contribution is 0.749. The van der Waals surface area contributed by atoms with Crippen LogP contribution in [-0.2, 0) is 5.41 Å². The van der Waals surface area contributed by atoms with Crippen molar-refractivity contribution in [2.75, 3.05) is 4.90 Å². The molecule has 2 aliphatic rings. The third-order valence-electron chi connectivity index (χ3n) is 14.8. The van der Waals surface area contributed by atoms with Crippen molar-refractivity contribution in [2.45, 2.75) is 5.41 Å². The molecule has 11 aromatic carbocycles. The van der Waals surface area contributed by atoms with Crippen molar-refractivity contribution in [3.8, 4) is 61.3 Å². The average molecular weight is 877 g/mol. The van der Waals surface area contributed by atoms with Crippen molar-refractivity contribution < 1.29 is 0 Å². The second-order valence-electron chi connectivity index (χ2n) is 18.4. The van der Waals surface area contributed by atoms with Crippen molar-refractivity contribution in [1.82, 2.24) is 4.57 Å². The van der Waals surface area contributed by atoms with E-state index in [9.17, 15) is 0 Å². The van der Waals surface area contributed by atoms with Gasteiger partial charge in [-0.2, -0.15) is 0 Å². The van der Waals surface area contributed by atoms with Crippen LogP contribution in [-0.4, -0.2) is 4.57 Å². The molecule has 1 aliphatic carbocycles. The lowest BCUT2D eigenvalue weighted by Crippen LogP contribution is -2.33. The summed E-state index contributed by atoms with van der Waals surface area (Å²) in [5, 5.41) is 2.57. The van der Waals surface area contributed by atoms with E-state index in [0.717, 1.165) is 39.3 Å². The van der Waals surface area contributed by atoms with Crippen LogP contribution in [0.1, 0.15) is 22.3 Å². The number of nitrogens with zero attached hydrogens (tertiary/aromatic N) is 2. The Morgan fingerprint density at radius 3 is 1.61 bits per heavy atom. The van der Waals surface area contributed by atoms with Gasteiger partial charge < -0.3 is 9.47 Å². The van der Waals surface area contributed by atoms with E-state index in [0.29, 0.717) is 0 Å². The molecule has 2 heterocycles. The standard InChI is InChI=1S/C67H44N2/c1-3-20-45(21-4-1)47-24-17-26-50(42-47)53-29-9-14-37-63(53)68(62-36-13-8-28-52(62)46-22-5-2-6-23-46)51-27-18-25-48(43-51)49-40-41-55-54-30-7-11-33-58(54)67(61(55)44-49)59-34-12-16-39-65(59)69-64-38-15-10-31-56(64)57-32-19-35-60(67)66(57)69/h1-44H. The lowest BCUT2D eigenvalue weighted by atomic mass is 9.65. The highest BCUT2D eigenvalue weighted by Crippen LogP contribution is 2.61. The molecular formula is C67H44N2. The molecule has 1 aliphatic heterocycles. The fourth-order valence-electron chi connectivity index (χ4n) is 11.9. The largest absolute Gasteiger partial charge is 0.309 e. The van der Waals surface area contributed by atoms with Gasteiger partial charge in [0.1, 0.15) is 0 Å². The van der Waals surface area contributed by atoms with Crippen molar-refractivity contribution in [1.29, 1.82) is 0 Å². The van der Waals surface area contributed by atoms with Crippen molar-refractivity contribution in [3.63, 3.8) is 0 Å². The van der Waals surface area contributed by atoms with E-state index in [2.05, 4.69) is 276 Å². The minimum absolute atomic E-state index is 0.534. The van der Waals surface area contributed by atoms with Gasteiger partial charge >= 0.3 is 0 Å². The smallest absolute Gasteiger partial charge is 0.0754 e. The summed E-state index contributed by atoms with van der Waals surface area (Å²) in [7, 11) is 0. The monoisotopic (exact) mass is 876 g/mol. The summed E-state index contributed by atoms with van der Waals surface area (Å²) in [6, 6.07) is 98.6. The van der Waals surface area contributed by atoms with Crippen molar-refractivity contribution >= 4 is 38.9 Å². The van der Waals surface area contributed by atoms with Crippen LogP contribution in [0, 0.1) is 0 Å². The number of fused-ring (bicyclic) bond motifs is 12. The molecule has 12 aromatic rings. The molecule has 0 fully saturated rings. The van der Waals surface area contributed by atoms with Crippen LogP contribution in [0.25, 0.3) is 83.1 Å². The summed E-state index contributed by atoms with van der Waals surface area (Å²) in [4.78, 5) is 2.47. The van der Waals surface area contributed by atoms with Crippen LogP contribution in [0.15, 0.2) is 267 Å². The van der Waals surface area contributed by atoms with E-state index in [-0.39, 0.29) is 0 Å². The summed E-state index contributed by atoms with van der Waals surface area (Å²) in [6.07, 6.45) is 0. The maximum absolute atomic E-state index is 2.52. The van der Waals surface area contributed by atoms with Crippen LogP contribution in [0.2, 0.25) is 0 Å². The molecule has 14 rings (SSSR count). The summed E-state index contributed by atoms with van der Waals surface area (Å²) in [5.74, 6) is 0. The number of anilines is 3. The van der Waals surface area contributed by atoms with Crippen LogP contribution < -0.4 is 4.90 Å². The van der Waals surface area contributed by atoms with Gasteiger partial charge in [0.05, 0.1) is 33.5 Å². The highest BCUT2D eigenvalue weighted by atomic mass is 15.1. The zero-order valence-electron chi connectivity index (χ0n) is 37.8. The topological polar surface area (TPSA) is 8.17 Å². The first-order valence-corrected chi connectivity index (χ1v) is 23.9. The van der Waals surface area contributed by atoms with Crippen LogP contribution in [0.5, 0.6) is 0 Å². The molecule has 1 atom stereocenters. The number of para-hydroxylation sites is 5. The number of aromatic nitrogens is 1. The summed E-state index contributed by atoms with van der Waals surface area (Å²) < 4.78 is 2.52. The summed E-state index contributed by atoms with van der Waals surface area (Å²) in [5.41, 5.74) is 23.8. The highest BCUT2D eigenvalue weighted by Gasteiger charge is 2.50. The van der Waals surface area contributed by atoms with Gasteiger partial charge in [0, 0.05) is 27.6 Å². The Morgan fingerprint density at radius 1 is 0.290 bits per heavy atom. The van der Waals surface area contributed by atoms with Crippen molar-refractivity contribution in [3.05, 3.63) is 289 Å². The SMILES string of the molecule is c1ccc(-c2cccc(-c3ccccc3N(c3cccc(-c4ccc5c(c4)C4(c6ccccc6-5)c5ccccc5-n5c6ccccc6c6cccc4c65)c3)c3ccccc3-c3ccccc3)c2)cc1. The zero-order valence-corrected chi connectivity index (χ0v) is 37.8. The quantitative estimate of drug-likeness (QED) is 0.155.